The summed E-state index contributed by atoms with van der Waals surface area (Å²) in [6.07, 6.45) is 7.15. The molecule has 4 saturated carbocycles. The van der Waals surface area contributed by atoms with E-state index in [1.165, 1.54) is 32.1 Å². The summed E-state index contributed by atoms with van der Waals surface area (Å²) < 4.78 is 5.95. The molecule has 4 aliphatic carbocycles. The van der Waals surface area contributed by atoms with Crippen LogP contribution in [-0.4, -0.2) is 4.98 Å². The summed E-state index contributed by atoms with van der Waals surface area (Å²) in [6, 6.07) is 0. The Balaban J connectivity index is 1.67. The molecule has 0 aliphatic heterocycles. The number of nitrogens with two attached hydrogens (primary N) is 1. The van der Waals surface area contributed by atoms with Gasteiger partial charge in [-0.25, -0.2) is 4.98 Å². The lowest BCUT2D eigenvalue weighted by Gasteiger charge is -2.53. The molecule has 5 rings (SSSR count). The minimum Gasteiger partial charge on any atom is -0.444 e. The molecule has 0 atom stereocenters. The van der Waals surface area contributed by atoms with Gasteiger partial charge in [0.05, 0.1) is 12.2 Å². The van der Waals surface area contributed by atoms with Gasteiger partial charge in [-0.2, -0.15) is 0 Å². The zero-order valence-electron chi connectivity index (χ0n) is 11.1. The topological polar surface area (TPSA) is 52.0 Å². The average Bonchev–Trinajstić information content (AvgIpc) is 2.69. The summed E-state index contributed by atoms with van der Waals surface area (Å²) in [7, 11) is 0. The van der Waals surface area contributed by atoms with Crippen molar-refractivity contribution in [2.24, 2.45) is 29.4 Å². The van der Waals surface area contributed by atoms with Crippen molar-refractivity contribution in [3.63, 3.8) is 0 Å². The molecule has 3 nitrogen and oxygen atoms in total. The second-order valence-electron chi connectivity index (χ2n) is 6.72. The van der Waals surface area contributed by atoms with Crippen LogP contribution < -0.4 is 5.73 Å². The SMILES string of the molecule is Cc1nc(C2C3CC4CC(C3)CC2C4)oc1CN. The molecular formula is C15H22N2O. The summed E-state index contributed by atoms with van der Waals surface area (Å²) in [5, 5.41) is 0. The Morgan fingerprint density at radius 1 is 1.11 bits per heavy atom. The summed E-state index contributed by atoms with van der Waals surface area (Å²) in [6.45, 7) is 2.50. The fourth-order valence-electron chi connectivity index (χ4n) is 5.11. The Kier molecular flexibility index (Phi) is 2.35. The summed E-state index contributed by atoms with van der Waals surface area (Å²) in [5.41, 5.74) is 6.71. The third kappa shape index (κ3) is 1.49. The van der Waals surface area contributed by atoms with E-state index in [-0.39, 0.29) is 0 Å². The molecule has 1 heterocycles. The van der Waals surface area contributed by atoms with Gasteiger partial charge in [0.2, 0.25) is 0 Å². The molecule has 0 radical (unpaired) electrons. The lowest BCUT2D eigenvalue weighted by atomic mass is 9.52. The average molecular weight is 246 g/mol. The maximum absolute atomic E-state index is 5.95. The highest BCUT2D eigenvalue weighted by atomic mass is 16.4. The summed E-state index contributed by atoms with van der Waals surface area (Å²) >= 11 is 0. The zero-order valence-corrected chi connectivity index (χ0v) is 11.1. The molecule has 1 aromatic rings. The Hall–Kier alpha value is -0.830. The van der Waals surface area contributed by atoms with Crippen LogP contribution in [0.1, 0.15) is 55.4 Å². The van der Waals surface area contributed by atoms with Crippen molar-refractivity contribution in [2.45, 2.75) is 51.5 Å². The maximum atomic E-state index is 5.95. The monoisotopic (exact) mass is 246 g/mol. The highest BCUT2D eigenvalue weighted by Crippen LogP contribution is 2.59. The summed E-state index contributed by atoms with van der Waals surface area (Å²) in [5.74, 6) is 6.18. The van der Waals surface area contributed by atoms with Gasteiger partial charge in [-0.15, -0.1) is 0 Å². The highest BCUT2D eigenvalue weighted by Gasteiger charge is 2.50. The van der Waals surface area contributed by atoms with Crippen molar-refractivity contribution in [1.29, 1.82) is 0 Å². The van der Waals surface area contributed by atoms with Gasteiger partial charge in [0.15, 0.2) is 5.89 Å². The van der Waals surface area contributed by atoms with Crippen LogP contribution in [0.15, 0.2) is 4.42 Å². The second kappa shape index (κ2) is 3.83. The first-order valence-electron chi connectivity index (χ1n) is 7.41. The van der Waals surface area contributed by atoms with E-state index in [1.54, 1.807) is 0 Å². The largest absolute Gasteiger partial charge is 0.444 e. The van der Waals surface area contributed by atoms with E-state index in [0.717, 1.165) is 41.0 Å². The van der Waals surface area contributed by atoms with Crippen LogP contribution in [0.25, 0.3) is 0 Å². The molecule has 1 aromatic heterocycles. The van der Waals surface area contributed by atoms with Crippen LogP contribution in [0.3, 0.4) is 0 Å². The third-order valence-electron chi connectivity index (χ3n) is 5.61. The number of aryl methyl sites for hydroxylation is 1. The van der Waals surface area contributed by atoms with Crippen LogP contribution in [0.4, 0.5) is 0 Å². The van der Waals surface area contributed by atoms with Crippen LogP contribution in [-0.2, 0) is 6.54 Å². The number of aromatic nitrogens is 1. The first-order chi connectivity index (χ1) is 8.74. The smallest absolute Gasteiger partial charge is 0.198 e. The van der Waals surface area contributed by atoms with E-state index in [4.69, 9.17) is 10.2 Å². The molecular weight excluding hydrogens is 224 g/mol. The number of hydrogen-bond donors (Lipinski definition) is 1. The number of nitrogens with zero attached hydrogens (tertiary/aromatic N) is 1. The van der Waals surface area contributed by atoms with Crippen LogP contribution in [0, 0.1) is 30.6 Å². The Bertz CT molecular complexity index is 437. The van der Waals surface area contributed by atoms with E-state index in [2.05, 4.69) is 4.98 Å². The molecule has 98 valence electrons. The van der Waals surface area contributed by atoms with Gasteiger partial charge in [0.25, 0.3) is 0 Å². The second-order valence-corrected chi connectivity index (χ2v) is 6.72. The Morgan fingerprint density at radius 2 is 1.72 bits per heavy atom. The first-order valence-corrected chi connectivity index (χ1v) is 7.41. The zero-order chi connectivity index (χ0) is 12.3. The van der Waals surface area contributed by atoms with Gasteiger partial charge < -0.3 is 10.2 Å². The fourth-order valence-corrected chi connectivity index (χ4v) is 5.11. The fraction of sp³-hybridized carbons (Fsp3) is 0.800. The lowest BCUT2D eigenvalue weighted by molar-refractivity contribution is -0.0117. The molecule has 0 aromatic carbocycles. The Labute approximate surface area is 108 Å². The molecule has 0 amide bonds. The van der Waals surface area contributed by atoms with Gasteiger partial charge in [0, 0.05) is 5.92 Å². The standard InChI is InChI=1S/C15H22N2O/c1-8-13(7-16)18-15(17-8)14-11-3-9-2-10(5-11)6-12(14)4-9/h9-12,14H,2-7,16H2,1H3. The Morgan fingerprint density at radius 3 is 2.22 bits per heavy atom. The van der Waals surface area contributed by atoms with Gasteiger partial charge in [0.1, 0.15) is 5.76 Å². The summed E-state index contributed by atoms with van der Waals surface area (Å²) in [4.78, 5) is 4.68. The van der Waals surface area contributed by atoms with Crippen molar-refractivity contribution in [1.82, 2.24) is 4.98 Å². The van der Waals surface area contributed by atoms with E-state index >= 15 is 0 Å². The van der Waals surface area contributed by atoms with Crippen LogP contribution in [0.2, 0.25) is 0 Å². The van der Waals surface area contributed by atoms with Crippen molar-refractivity contribution in [3.05, 3.63) is 17.3 Å². The molecule has 4 bridgehead atoms. The number of oxazole rings is 1. The van der Waals surface area contributed by atoms with Crippen molar-refractivity contribution >= 4 is 0 Å². The quantitative estimate of drug-likeness (QED) is 0.872. The van der Waals surface area contributed by atoms with Crippen molar-refractivity contribution in [2.75, 3.05) is 0 Å². The maximum Gasteiger partial charge on any atom is 0.198 e. The van der Waals surface area contributed by atoms with Gasteiger partial charge >= 0.3 is 0 Å². The molecule has 18 heavy (non-hydrogen) atoms. The molecule has 3 heteroatoms. The molecule has 2 N–H and O–H groups in total. The predicted molar refractivity (Wildman–Crippen MR) is 68.9 cm³/mol. The lowest BCUT2D eigenvalue weighted by Crippen LogP contribution is -2.43. The molecule has 0 unspecified atom stereocenters. The van der Waals surface area contributed by atoms with Gasteiger partial charge in [-0.3, -0.25) is 0 Å². The van der Waals surface area contributed by atoms with Crippen LogP contribution in [0.5, 0.6) is 0 Å². The minimum absolute atomic E-state index is 0.478. The molecule has 0 saturated heterocycles. The van der Waals surface area contributed by atoms with Crippen molar-refractivity contribution in [3.8, 4) is 0 Å². The molecule has 0 spiro atoms. The van der Waals surface area contributed by atoms with E-state index in [1.807, 2.05) is 6.92 Å². The molecule has 4 fully saturated rings. The van der Waals surface area contributed by atoms with E-state index < -0.39 is 0 Å². The van der Waals surface area contributed by atoms with E-state index in [9.17, 15) is 0 Å². The predicted octanol–water partition coefficient (Wildman–Crippen LogP) is 2.98. The minimum atomic E-state index is 0.478. The first kappa shape index (κ1) is 11.0. The molecule has 4 aliphatic rings. The normalized spacial score (nSPS) is 41.6. The van der Waals surface area contributed by atoms with Crippen LogP contribution >= 0.6 is 0 Å². The number of rotatable bonds is 2. The highest BCUT2D eigenvalue weighted by molar-refractivity contribution is 5.14. The number of hydrogen-bond acceptors (Lipinski definition) is 3. The van der Waals surface area contributed by atoms with Crippen molar-refractivity contribution < 1.29 is 4.42 Å². The van der Waals surface area contributed by atoms with Gasteiger partial charge in [-0.05, 0) is 62.7 Å². The van der Waals surface area contributed by atoms with E-state index in [0.29, 0.717) is 12.5 Å². The third-order valence-corrected chi connectivity index (χ3v) is 5.61. The van der Waals surface area contributed by atoms with Gasteiger partial charge in [-0.1, -0.05) is 0 Å².